The van der Waals surface area contributed by atoms with Gasteiger partial charge in [0.15, 0.2) is 0 Å². The van der Waals surface area contributed by atoms with E-state index in [2.05, 4.69) is 10.4 Å². The van der Waals surface area contributed by atoms with Crippen molar-refractivity contribution in [2.75, 3.05) is 18.6 Å². The summed E-state index contributed by atoms with van der Waals surface area (Å²) in [6, 6.07) is 14.5. The summed E-state index contributed by atoms with van der Waals surface area (Å²) in [5, 5.41) is 1.55. The number of aryl methyl sites for hydroxylation is 2. The van der Waals surface area contributed by atoms with Gasteiger partial charge in [-0.15, -0.1) is 21.1 Å². The summed E-state index contributed by atoms with van der Waals surface area (Å²) in [7, 11) is -4.05. The number of hydrogen-bond acceptors (Lipinski definition) is 7. The fourth-order valence-electron chi connectivity index (χ4n) is 3.64. The largest absolute Gasteiger partial charge is 0.492 e. The van der Waals surface area contributed by atoms with Crippen molar-refractivity contribution in [1.29, 1.82) is 0 Å². The van der Waals surface area contributed by atoms with Crippen molar-refractivity contribution in [3.63, 3.8) is 0 Å². The van der Waals surface area contributed by atoms with Crippen molar-refractivity contribution in [3.05, 3.63) is 70.8 Å². The van der Waals surface area contributed by atoms with Gasteiger partial charge in [0.1, 0.15) is 5.75 Å². The predicted octanol–water partition coefficient (Wildman–Crippen LogP) is 4.11. The van der Waals surface area contributed by atoms with E-state index in [0.717, 1.165) is 27.9 Å². The van der Waals surface area contributed by atoms with E-state index in [1.807, 2.05) is 32.0 Å². The monoisotopic (exact) mass is 471 g/mol. The highest BCUT2D eigenvalue weighted by Gasteiger charge is 2.36. The molecule has 2 amide bonds. The molecule has 0 saturated carbocycles. The molecule has 0 bridgehead atoms. The molecule has 0 spiro atoms. The van der Waals surface area contributed by atoms with Crippen molar-refractivity contribution in [1.82, 2.24) is 5.06 Å². The van der Waals surface area contributed by atoms with Gasteiger partial charge in [-0.25, -0.2) is 0 Å². The van der Waals surface area contributed by atoms with Gasteiger partial charge in [-0.1, -0.05) is 29.8 Å². The summed E-state index contributed by atoms with van der Waals surface area (Å²) in [5.41, 5.74) is 2.69. The number of ether oxygens (including phenoxy) is 1. The fraction of sp³-hybridized carbons (Fsp3) is 0.217. The summed E-state index contributed by atoms with van der Waals surface area (Å²) in [5.74, 6) is -0.107. The zero-order chi connectivity index (χ0) is 23.0. The number of nitrogens with zero attached hydrogens (tertiary/aromatic N) is 1. The summed E-state index contributed by atoms with van der Waals surface area (Å²) in [4.78, 5) is 26.4. The molecule has 0 saturated heterocycles. The third-order valence-electron chi connectivity index (χ3n) is 4.97. The average Bonchev–Trinajstić information content (AvgIpc) is 2.73. The molecule has 1 aliphatic heterocycles. The fourth-order valence-corrected chi connectivity index (χ4v) is 4.92. The molecule has 166 valence electrons. The Bertz CT molecular complexity index is 1330. The molecule has 0 aromatic heterocycles. The first-order valence-corrected chi connectivity index (χ1v) is 12.6. The molecule has 0 aliphatic carbocycles. The van der Waals surface area contributed by atoms with Crippen molar-refractivity contribution >= 4 is 44.5 Å². The second-order valence-electron chi connectivity index (χ2n) is 7.49. The van der Waals surface area contributed by atoms with E-state index in [4.69, 9.17) is 4.74 Å². The van der Waals surface area contributed by atoms with Crippen LogP contribution in [0.2, 0.25) is 0 Å². The molecule has 0 fully saturated rings. The first kappa shape index (κ1) is 22.3. The second kappa shape index (κ2) is 8.57. The van der Waals surface area contributed by atoms with Crippen LogP contribution in [-0.2, 0) is 14.4 Å². The van der Waals surface area contributed by atoms with E-state index in [0.29, 0.717) is 22.8 Å². The minimum absolute atomic E-state index is 0.217. The molecule has 0 radical (unpaired) electrons. The Morgan fingerprint density at radius 3 is 2.38 bits per heavy atom. The molecule has 1 aliphatic rings. The molecule has 3 aromatic rings. The van der Waals surface area contributed by atoms with E-state index in [9.17, 15) is 18.0 Å². The zero-order valence-electron chi connectivity index (χ0n) is 17.7. The minimum atomic E-state index is -4.05. The number of hydroxylamine groups is 2. The van der Waals surface area contributed by atoms with Gasteiger partial charge in [0.05, 0.1) is 24.0 Å². The number of thioether (sulfide) groups is 1. The SMILES string of the molecule is Cc1ccc(OCCSc2ccc3c4c(cccc24)C(=O)N(OS(C)(=O)=O)C3=O)c(C)c1. The Labute approximate surface area is 190 Å². The average molecular weight is 472 g/mol. The lowest BCUT2D eigenvalue weighted by Gasteiger charge is -2.25. The third kappa shape index (κ3) is 4.36. The molecule has 0 atom stereocenters. The van der Waals surface area contributed by atoms with Crippen LogP contribution in [0.1, 0.15) is 31.8 Å². The standard InChI is InChI=1S/C23H21NO6S2/c1-14-7-9-19(15(2)13-14)29-11-12-31-20-10-8-18-21-16(20)5-4-6-17(21)22(25)24(23(18)26)30-32(3,27)28/h4-10,13H,11-12H2,1-3H3. The topological polar surface area (TPSA) is 90.0 Å². The lowest BCUT2D eigenvalue weighted by Crippen LogP contribution is -2.41. The summed E-state index contributed by atoms with van der Waals surface area (Å²) in [6.45, 7) is 4.53. The van der Waals surface area contributed by atoms with Crippen LogP contribution in [0.25, 0.3) is 10.8 Å². The maximum absolute atomic E-state index is 12.8. The lowest BCUT2D eigenvalue weighted by atomic mass is 9.95. The Morgan fingerprint density at radius 2 is 1.69 bits per heavy atom. The maximum atomic E-state index is 12.8. The van der Waals surface area contributed by atoms with Crippen molar-refractivity contribution in [2.45, 2.75) is 18.7 Å². The van der Waals surface area contributed by atoms with Crippen LogP contribution in [0.3, 0.4) is 0 Å². The van der Waals surface area contributed by atoms with Gasteiger partial charge in [-0.05, 0) is 49.1 Å². The first-order valence-electron chi connectivity index (χ1n) is 9.82. The Hall–Kier alpha value is -2.88. The number of carbonyl (C=O) groups is 2. The van der Waals surface area contributed by atoms with E-state index in [-0.39, 0.29) is 11.1 Å². The molecule has 3 aromatic carbocycles. The normalized spacial score (nSPS) is 13.7. The Balaban J connectivity index is 1.57. The van der Waals surface area contributed by atoms with Crippen molar-refractivity contribution in [2.24, 2.45) is 0 Å². The van der Waals surface area contributed by atoms with Crippen LogP contribution in [0, 0.1) is 13.8 Å². The molecule has 0 N–H and O–H groups in total. The highest BCUT2D eigenvalue weighted by atomic mass is 32.2. The van der Waals surface area contributed by atoms with E-state index >= 15 is 0 Å². The van der Waals surface area contributed by atoms with Crippen LogP contribution < -0.4 is 4.74 Å². The Morgan fingerprint density at radius 1 is 0.969 bits per heavy atom. The molecule has 1 heterocycles. The third-order valence-corrected chi connectivity index (χ3v) is 6.43. The number of amides is 2. The highest BCUT2D eigenvalue weighted by molar-refractivity contribution is 7.99. The molecular weight excluding hydrogens is 450 g/mol. The second-order valence-corrected chi connectivity index (χ2v) is 10.2. The molecule has 7 nitrogen and oxygen atoms in total. The van der Waals surface area contributed by atoms with Crippen molar-refractivity contribution < 1.29 is 27.0 Å². The van der Waals surface area contributed by atoms with Crippen molar-refractivity contribution in [3.8, 4) is 5.75 Å². The first-order chi connectivity index (χ1) is 15.2. The zero-order valence-corrected chi connectivity index (χ0v) is 19.4. The lowest BCUT2D eigenvalue weighted by molar-refractivity contribution is -0.0149. The van der Waals surface area contributed by atoms with Gasteiger partial charge < -0.3 is 4.74 Å². The van der Waals surface area contributed by atoms with Crippen LogP contribution >= 0.6 is 11.8 Å². The van der Waals surface area contributed by atoms with Gasteiger partial charge in [0.2, 0.25) is 0 Å². The minimum Gasteiger partial charge on any atom is -0.492 e. The molecule has 0 unspecified atom stereocenters. The van der Waals surface area contributed by atoms with Gasteiger partial charge in [-0.3, -0.25) is 9.59 Å². The number of imide groups is 1. The maximum Gasteiger partial charge on any atom is 0.286 e. The predicted molar refractivity (Wildman–Crippen MR) is 123 cm³/mol. The quantitative estimate of drug-likeness (QED) is 0.291. The smallest absolute Gasteiger partial charge is 0.286 e. The number of rotatable bonds is 7. The van der Waals surface area contributed by atoms with Crippen LogP contribution in [0.4, 0.5) is 0 Å². The van der Waals surface area contributed by atoms with Gasteiger partial charge in [0, 0.05) is 16.0 Å². The molecule has 9 heteroatoms. The summed E-state index contributed by atoms with van der Waals surface area (Å²) in [6.07, 6.45) is 0.781. The van der Waals surface area contributed by atoms with Crippen LogP contribution in [0.15, 0.2) is 53.4 Å². The van der Waals surface area contributed by atoms with E-state index < -0.39 is 21.9 Å². The Kier molecular flexibility index (Phi) is 5.98. The molecule has 4 rings (SSSR count). The molecule has 32 heavy (non-hydrogen) atoms. The highest BCUT2D eigenvalue weighted by Crippen LogP contribution is 2.36. The van der Waals surface area contributed by atoms with Gasteiger partial charge in [0.25, 0.3) is 21.9 Å². The van der Waals surface area contributed by atoms with E-state index in [1.165, 1.54) is 5.56 Å². The summed E-state index contributed by atoms with van der Waals surface area (Å²) >= 11 is 1.56. The number of benzene rings is 3. The summed E-state index contributed by atoms with van der Waals surface area (Å²) < 4.78 is 33.5. The van der Waals surface area contributed by atoms with Gasteiger partial charge >= 0.3 is 0 Å². The van der Waals surface area contributed by atoms with E-state index in [1.54, 1.807) is 36.0 Å². The number of hydrogen-bond donors (Lipinski definition) is 0. The van der Waals surface area contributed by atoms with Crippen LogP contribution in [0.5, 0.6) is 5.75 Å². The van der Waals surface area contributed by atoms with Gasteiger partial charge in [-0.2, -0.15) is 8.42 Å². The van der Waals surface area contributed by atoms with Crippen LogP contribution in [-0.4, -0.2) is 43.9 Å². The molecular formula is C23H21NO6S2. The number of carbonyl (C=O) groups excluding carboxylic acids is 2.